The van der Waals surface area contributed by atoms with Crippen LogP contribution in [0.3, 0.4) is 0 Å². The van der Waals surface area contributed by atoms with Gasteiger partial charge in [0.15, 0.2) is 16.8 Å². The molecule has 0 saturated carbocycles. The molecule has 444 valence electrons. The number of benzene rings is 8. The molecule has 0 saturated heterocycles. The number of hydrogen-bond donors (Lipinski definition) is 1. The summed E-state index contributed by atoms with van der Waals surface area (Å²) in [6, 6.07) is 70.5. The lowest BCUT2D eigenvalue weighted by molar-refractivity contribution is -0.191. The molecule has 5 heterocycles. The zero-order chi connectivity index (χ0) is 63.3. The van der Waals surface area contributed by atoms with E-state index in [0.717, 1.165) is 99.7 Å². The van der Waals surface area contributed by atoms with Gasteiger partial charge in [-0.1, -0.05) is 220 Å². The van der Waals surface area contributed by atoms with Crippen LogP contribution in [-0.2, 0) is 37.2 Å². The van der Waals surface area contributed by atoms with E-state index in [1.165, 1.54) is 0 Å². The molecule has 13 aromatic rings. The molecule has 0 unspecified atom stereocenters. The first-order chi connectivity index (χ1) is 43.0. The number of hydrogen-bond acceptors (Lipinski definition) is 11. The first-order valence-electron chi connectivity index (χ1n) is 28.2. The number of ketones is 1. The van der Waals surface area contributed by atoms with Crippen molar-refractivity contribution in [3.05, 3.63) is 270 Å². The summed E-state index contributed by atoms with van der Waals surface area (Å²) in [6.45, 7) is 7.70. The number of anilines is 1. The average Bonchev–Trinajstić information content (AvgIpc) is 1.69. The number of rotatable bonds is 9. The van der Waals surface area contributed by atoms with Crippen molar-refractivity contribution < 1.29 is 14.4 Å². The Morgan fingerprint density at radius 2 is 0.775 bits per heavy atom. The minimum absolute atomic E-state index is 0.121. The lowest BCUT2D eigenvalue weighted by atomic mass is 10.1. The number of aryl methyl sites for hydroxylation is 6. The minimum Gasteiger partial charge on any atom is -0.395 e. The van der Waals surface area contributed by atoms with Crippen molar-refractivity contribution in [2.75, 3.05) is 5.73 Å². The highest BCUT2D eigenvalue weighted by molar-refractivity contribution is 9.10. The highest BCUT2D eigenvalue weighted by Gasteiger charge is 2.24. The van der Waals surface area contributed by atoms with Crippen LogP contribution in [0.1, 0.15) is 41.0 Å². The van der Waals surface area contributed by atoms with Crippen LogP contribution in [0.25, 0.3) is 90.0 Å². The maximum atomic E-state index is 13.7. The number of fused-ring (bicyclic) bond motifs is 2. The van der Waals surface area contributed by atoms with Gasteiger partial charge in [-0.15, -0.1) is 0 Å². The number of aromatic nitrogens is 10. The number of nitrogens with two attached hydrogens (primary N) is 1. The molecule has 0 aliphatic carbocycles. The number of nitrogen functional groups attached to an aromatic ring is 1. The fourth-order valence-corrected chi connectivity index (χ4v) is 10.5. The molecule has 0 fully saturated rings. The highest BCUT2D eigenvalue weighted by Crippen LogP contribution is 2.32. The number of Topliss-reactive ketones (excluding diaryl/α,β-unsaturated/α-hetero) is 1. The third-order valence-corrected chi connectivity index (χ3v) is 15.4. The topological polar surface area (TPSA) is 200 Å². The summed E-state index contributed by atoms with van der Waals surface area (Å²) in [4.78, 5) is 64.3. The van der Waals surface area contributed by atoms with Gasteiger partial charge < -0.3 is 5.73 Å². The molecule has 13 rings (SSSR count). The van der Waals surface area contributed by atoms with Gasteiger partial charge in [0, 0.05) is 63.5 Å². The molecule has 0 amide bonds. The van der Waals surface area contributed by atoms with E-state index in [1.807, 2.05) is 258 Å². The molecular weight excluding hydrogens is 1250 g/mol. The Labute approximate surface area is 530 Å². The van der Waals surface area contributed by atoms with Crippen LogP contribution >= 0.6 is 31.9 Å². The standard InChI is InChI=1S/2C25H19BrN4O.C12H15N3.C8H8O.CO2/c2*1-16-8-10-18(11-9-16)24-27-21-22(25(31)30(24)20-14-12-19(26)13-15-20)28-29(2)23(21)17-6-4-3-5-7-17;1-3-10-11(13)12(15(2)14-10)9-7-5-4-6-8-9;1-7(9)8-5-3-2-4-6-8;2-1-3/h2*3-15H,1-2H3;4-8H,3,13H2,1-2H3;2-6H,1H3;. The lowest BCUT2D eigenvalue weighted by Gasteiger charge is -2.13. The molecule has 0 spiro atoms. The van der Waals surface area contributed by atoms with Crippen LogP contribution in [0.5, 0.6) is 0 Å². The van der Waals surface area contributed by atoms with Gasteiger partial charge in [0.05, 0.1) is 39.8 Å². The average molecular weight is 1310 g/mol. The van der Waals surface area contributed by atoms with Crippen molar-refractivity contribution in [1.29, 1.82) is 0 Å². The highest BCUT2D eigenvalue weighted by atomic mass is 79.9. The summed E-state index contributed by atoms with van der Waals surface area (Å²) in [5, 5.41) is 13.5. The maximum absolute atomic E-state index is 13.7. The normalized spacial score (nSPS) is 10.6. The van der Waals surface area contributed by atoms with Gasteiger partial charge in [-0.2, -0.15) is 24.9 Å². The zero-order valence-corrected chi connectivity index (χ0v) is 53.0. The van der Waals surface area contributed by atoms with Gasteiger partial charge in [-0.25, -0.2) is 9.97 Å². The first-order valence-corrected chi connectivity index (χ1v) is 29.8. The lowest BCUT2D eigenvalue weighted by Crippen LogP contribution is -2.22. The van der Waals surface area contributed by atoms with E-state index in [4.69, 9.17) is 25.3 Å². The van der Waals surface area contributed by atoms with Gasteiger partial charge in [0.2, 0.25) is 0 Å². The number of nitrogens with zero attached hydrogens (tertiary/aromatic N) is 10. The van der Waals surface area contributed by atoms with Crippen LogP contribution in [0.4, 0.5) is 5.69 Å². The third kappa shape index (κ3) is 14.3. The second kappa shape index (κ2) is 28.8. The van der Waals surface area contributed by atoms with Crippen LogP contribution < -0.4 is 16.9 Å². The summed E-state index contributed by atoms with van der Waals surface area (Å²) in [6.07, 6.45) is 1.12. The molecular formula is C71H61Br2N11O5. The van der Waals surface area contributed by atoms with E-state index in [9.17, 15) is 14.4 Å². The van der Waals surface area contributed by atoms with E-state index in [0.29, 0.717) is 33.7 Å². The molecule has 18 heteroatoms. The molecule has 0 radical (unpaired) electrons. The van der Waals surface area contributed by atoms with Crippen LogP contribution in [-0.4, -0.2) is 60.4 Å². The minimum atomic E-state index is -0.194. The van der Waals surface area contributed by atoms with Crippen LogP contribution in [0.2, 0.25) is 0 Å². The summed E-state index contributed by atoms with van der Waals surface area (Å²) in [7, 11) is 5.62. The molecule has 0 aliphatic heterocycles. The predicted molar refractivity (Wildman–Crippen MR) is 359 cm³/mol. The second-order valence-corrected chi connectivity index (χ2v) is 22.3. The maximum Gasteiger partial charge on any atom is 0.373 e. The van der Waals surface area contributed by atoms with Gasteiger partial charge in [-0.05, 0) is 75.7 Å². The molecule has 16 nitrogen and oxygen atoms in total. The second-order valence-electron chi connectivity index (χ2n) is 20.5. The van der Waals surface area contributed by atoms with Crippen molar-refractivity contribution in [1.82, 2.24) is 48.4 Å². The number of carbonyl (C=O) groups is 1. The van der Waals surface area contributed by atoms with E-state index >= 15 is 0 Å². The summed E-state index contributed by atoms with van der Waals surface area (Å²) < 4.78 is 10.5. The Bertz CT molecular complexity index is 4510. The van der Waals surface area contributed by atoms with E-state index in [2.05, 4.69) is 54.1 Å². The Morgan fingerprint density at radius 1 is 0.449 bits per heavy atom. The Balaban J connectivity index is 0.000000151. The molecule has 0 atom stereocenters. The summed E-state index contributed by atoms with van der Waals surface area (Å²) in [5.74, 6) is 1.30. The van der Waals surface area contributed by atoms with Gasteiger partial charge in [0.25, 0.3) is 11.1 Å². The molecule has 2 N–H and O–H groups in total. The van der Waals surface area contributed by atoms with Crippen molar-refractivity contribution in [2.24, 2.45) is 21.1 Å². The summed E-state index contributed by atoms with van der Waals surface area (Å²) >= 11 is 6.94. The van der Waals surface area contributed by atoms with E-state index < -0.39 is 0 Å². The molecule has 8 aromatic carbocycles. The predicted octanol–water partition coefficient (Wildman–Crippen LogP) is 14.6. The Kier molecular flexibility index (Phi) is 20.4. The van der Waals surface area contributed by atoms with Gasteiger partial charge in [-0.3, -0.25) is 37.6 Å². The largest absolute Gasteiger partial charge is 0.395 e. The van der Waals surface area contributed by atoms with Crippen molar-refractivity contribution in [3.63, 3.8) is 0 Å². The quantitative estimate of drug-likeness (QED) is 0.135. The molecule has 0 aliphatic rings. The zero-order valence-electron chi connectivity index (χ0n) is 49.8. The van der Waals surface area contributed by atoms with Crippen molar-refractivity contribution in [2.45, 2.75) is 34.1 Å². The SMILES string of the molecule is CC(=O)c1ccccc1.CCc1nn(C)c(-c2ccccc2)c1N.Cc1ccc(-c2nc3c(-c4ccccc4)n(C)nc3c(=O)n2-c2ccc(Br)cc2)cc1.Cc1ccc(-c2nc3c(-c4ccccc4)n(C)nc3c(=O)n2-c2ccc(Br)cc2)cc1.O=C=O. The molecule has 5 aromatic heterocycles. The van der Waals surface area contributed by atoms with Crippen molar-refractivity contribution >= 4 is 71.5 Å². The molecule has 0 bridgehead atoms. The summed E-state index contributed by atoms with van der Waals surface area (Å²) in [5.41, 5.74) is 21.3. The number of halogens is 2. The first kappa shape index (κ1) is 63.0. The van der Waals surface area contributed by atoms with Gasteiger partial charge in [0.1, 0.15) is 22.7 Å². The van der Waals surface area contributed by atoms with E-state index in [-0.39, 0.29) is 23.1 Å². The Hall–Kier alpha value is -10.5. The fourth-order valence-electron chi connectivity index (χ4n) is 10.0. The smallest absolute Gasteiger partial charge is 0.373 e. The fraction of sp³-hybridized carbons (Fsp3) is 0.113. The van der Waals surface area contributed by atoms with Crippen molar-refractivity contribution in [3.8, 4) is 67.9 Å². The van der Waals surface area contributed by atoms with Crippen LogP contribution in [0, 0.1) is 13.8 Å². The Morgan fingerprint density at radius 3 is 1.09 bits per heavy atom. The number of carbonyl (C=O) groups excluding carboxylic acids is 3. The monoisotopic (exact) mass is 1310 g/mol. The van der Waals surface area contributed by atoms with Crippen LogP contribution in [0.15, 0.2) is 237 Å². The third-order valence-electron chi connectivity index (χ3n) is 14.3. The van der Waals surface area contributed by atoms with Gasteiger partial charge >= 0.3 is 6.15 Å². The van der Waals surface area contributed by atoms with E-state index in [1.54, 1.807) is 25.4 Å². The molecule has 89 heavy (non-hydrogen) atoms.